The van der Waals surface area contributed by atoms with Crippen molar-refractivity contribution < 1.29 is 27.5 Å². The van der Waals surface area contributed by atoms with Crippen molar-refractivity contribution in [2.45, 2.75) is 37.6 Å². The summed E-state index contributed by atoms with van der Waals surface area (Å²) < 4.78 is 36.5. The summed E-state index contributed by atoms with van der Waals surface area (Å²) in [4.78, 5) is 31.3. The first-order valence-electron chi connectivity index (χ1n) is 12.8. The van der Waals surface area contributed by atoms with Crippen molar-refractivity contribution in [2.24, 2.45) is 0 Å². The van der Waals surface area contributed by atoms with Crippen LogP contribution in [-0.4, -0.2) is 62.6 Å². The lowest BCUT2D eigenvalue weighted by Crippen LogP contribution is -2.33. The zero-order valence-electron chi connectivity index (χ0n) is 22.2. The third-order valence-corrected chi connectivity index (χ3v) is 8.49. The van der Waals surface area contributed by atoms with E-state index >= 15 is 0 Å². The van der Waals surface area contributed by atoms with Gasteiger partial charge in [0.2, 0.25) is 0 Å². The summed E-state index contributed by atoms with van der Waals surface area (Å²) in [5.74, 6) is 0.803. The van der Waals surface area contributed by atoms with Crippen LogP contribution in [0.1, 0.15) is 40.7 Å². The second-order valence-electron chi connectivity index (χ2n) is 9.55. The highest BCUT2D eigenvalue weighted by atomic mass is 32.2. The molecule has 2 heterocycles. The molecule has 9 nitrogen and oxygen atoms in total. The first-order valence-corrected chi connectivity index (χ1v) is 14.4. The molecular weight excluding hydrogens is 518 g/mol. The second kappa shape index (κ2) is 12.4. The summed E-state index contributed by atoms with van der Waals surface area (Å²) in [6.07, 6.45) is 2.41. The van der Waals surface area contributed by atoms with E-state index < -0.39 is 9.84 Å². The molecule has 1 aromatic heterocycles. The fourth-order valence-corrected chi connectivity index (χ4v) is 5.87. The number of pyridine rings is 1. The SMILES string of the molecule is COCCC(=O)CCCS(=O)(=O)c1ccc(C(=O)N2CCOc3ccc(-c4ccc(N)nc4)cc3C2)c(C)c1. The number of methoxy groups -OCH3 is 1. The van der Waals surface area contributed by atoms with E-state index in [0.717, 1.165) is 22.4 Å². The number of nitrogens with zero attached hydrogens (tertiary/aromatic N) is 2. The van der Waals surface area contributed by atoms with Crippen LogP contribution in [0.5, 0.6) is 5.75 Å². The summed E-state index contributed by atoms with van der Waals surface area (Å²) in [6, 6.07) is 14.0. The van der Waals surface area contributed by atoms with Gasteiger partial charge in [-0.15, -0.1) is 0 Å². The van der Waals surface area contributed by atoms with Crippen LogP contribution in [0.15, 0.2) is 59.6 Å². The Bertz CT molecular complexity index is 1450. The standard InChI is InChI=1S/C29H33N3O6S/c1-20-16-25(39(35,36)15-3-4-24(33)11-13-37-2)7-8-26(20)29(34)32-12-14-38-27-9-5-21(17-23(27)19-32)22-6-10-28(30)31-18-22/h5-10,16-18H,3-4,11-15,19H2,1-2H3,(H2,30,31). The summed E-state index contributed by atoms with van der Waals surface area (Å²) in [5, 5.41) is 0. The maximum Gasteiger partial charge on any atom is 0.254 e. The average Bonchev–Trinajstić information content (AvgIpc) is 3.14. The smallest absolute Gasteiger partial charge is 0.254 e. The van der Waals surface area contributed by atoms with E-state index in [1.807, 2.05) is 24.3 Å². The monoisotopic (exact) mass is 551 g/mol. The van der Waals surface area contributed by atoms with E-state index in [1.165, 1.54) is 19.2 Å². The first kappa shape index (κ1) is 28.3. The normalized spacial score (nSPS) is 13.3. The number of carbonyl (C=O) groups is 2. The van der Waals surface area contributed by atoms with Crippen molar-refractivity contribution >= 4 is 27.3 Å². The zero-order chi connectivity index (χ0) is 28.0. The van der Waals surface area contributed by atoms with E-state index in [2.05, 4.69) is 4.98 Å². The molecule has 0 fully saturated rings. The second-order valence-corrected chi connectivity index (χ2v) is 11.7. The van der Waals surface area contributed by atoms with Gasteiger partial charge in [-0.2, -0.15) is 0 Å². The third-order valence-electron chi connectivity index (χ3n) is 6.69. The molecule has 0 saturated heterocycles. The number of hydrogen-bond acceptors (Lipinski definition) is 8. The fraction of sp³-hybridized carbons (Fsp3) is 0.345. The van der Waals surface area contributed by atoms with Gasteiger partial charge in [0.1, 0.15) is 24.0 Å². The van der Waals surface area contributed by atoms with Crippen LogP contribution in [0.25, 0.3) is 11.1 Å². The topological polar surface area (TPSA) is 129 Å². The summed E-state index contributed by atoms with van der Waals surface area (Å²) in [5.41, 5.74) is 9.43. The number of ketones is 1. The molecule has 10 heteroatoms. The lowest BCUT2D eigenvalue weighted by molar-refractivity contribution is -0.119. The molecular formula is C29H33N3O6S. The molecule has 2 aromatic carbocycles. The minimum absolute atomic E-state index is 0.0237. The number of aryl methyl sites for hydroxylation is 1. The van der Waals surface area contributed by atoms with Gasteiger partial charge in [-0.3, -0.25) is 9.59 Å². The van der Waals surface area contributed by atoms with Gasteiger partial charge in [-0.1, -0.05) is 6.07 Å². The highest BCUT2D eigenvalue weighted by molar-refractivity contribution is 7.91. The molecule has 1 aliphatic rings. The van der Waals surface area contributed by atoms with Gasteiger partial charge in [0.15, 0.2) is 9.84 Å². The fourth-order valence-electron chi connectivity index (χ4n) is 4.48. The molecule has 0 atom stereocenters. The number of benzene rings is 2. The largest absolute Gasteiger partial charge is 0.491 e. The lowest BCUT2D eigenvalue weighted by atomic mass is 10.0. The van der Waals surface area contributed by atoms with E-state index in [1.54, 1.807) is 30.2 Å². The third kappa shape index (κ3) is 7.01. The number of nitrogens with two attached hydrogens (primary N) is 1. The number of hydrogen-bond donors (Lipinski definition) is 1. The summed E-state index contributed by atoms with van der Waals surface area (Å²) in [7, 11) is -2.07. The first-order chi connectivity index (χ1) is 18.7. The molecule has 2 N–H and O–H groups in total. The quantitative estimate of drug-likeness (QED) is 0.403. The Labute approximate surface area is 228 Å². The van der Waals surface area contributed by atoms with Gasteiger partial charge in [0.25, 0.3) is 5.91 Å². The van der Waals surface area contributed by atoms with Crippen LogP contribution in [0.3, 0.4) is 0 Å². The Morgan fingerprint density at radius 1 is 1.08 bits per heavy atom. The lowest BCUT2D eigenvalue weighted by Gasteiger charge is -2.21. The minimum Gasteiger partial charge on any atom is -0.491 e. The molecule has 4 rings (SSSR count). The Morgan fingerprint density at radius 2 is 1.87 bits per heavy atom. The van der Waals surface area contributed by atoms with Crippen LogP contribution in [0.2, 0.25) is 0 Å². The van der Waals surface area contributed by atoms with E-state index in [-0.39, 0.29) is 41.6 Å². The molecule has 39 heavy (non-hydrogen) atoms. The van der Waals surface area contributed by atoms with Gasteiger partial charge in [0.05, 0.1) is 23.8 Å². The molecule has 0 spiro atoms. The van der Waals surface area contributed by atoms with Gasteiger partial charge < -0.3 is 20.1 Å². The minimum atomic E-state index is -3.59. The van der Waals surface area contributed by atoms with Crippen LogP contribution in [-0.2, 0) is 25.9 Å². The number of nitrogen functional groups attached to an aromatic ring is 1. The number of rotatable bonds is 10. The molecule has 0 radical (unpaired) electrons. The summed E-state index contributed by atoms with van der Waals surface area (Å²) in [6.45, 7) is 3.14. The number of Topliss-reactive ketones (excluding diaryl/α,β-unsaturated/α-hetero) is 1. The van der Waals surface area contributed by atoms with Crippen molar-refractivity contribution in [1.29, 1.82) is 0 Å². The van der Waals surface area contributed by atoms with Crippen molar-refractivity contribution in [1.82, 2.24) is 9.88 Å². The van der Waals surface area contributed by atoms with E-state index in [4.69, 9.17) is 15.2 Å². The molecule has 3 aromatic rings. The van der Waals surface area contributed by atoms with Gasteiger partial charge in [0, 0.05) is 49.4 Å². The molecule has 0 aliphatic carbocycles. The number of anilines is 1. The van der Waals surface area contributed by atoms with Crippen molar-refractivity contribution in [3.63, 3.8) is 0 Å². The van der Waals surface area contributed by atoms with Crippen LogP contribution in [0, 0.1) is 6.92 Å². The Kier molecular flexibility index (Phi) is 8.98. The Hall–Kier alpha value is -3.76. The predicted octanol–water partition coefficient (Wildman–Crippen LogP) is 3.83. The molecule has 0 bridgehead atoms. The summed E-state index contributed by atoms with van der Waals surface area (Å²) >= 11 is 0. The van der Waals surface area contributed by atoms with Crippen LogP contribution >= 0.6 is 0 Å². The van der Waals surface area contributed by atoms with E-state index in [0.29, 0.717) is 43.2 Å². The van der Waals surface area contributed by atoms with Crippen LogP contribution < -0.4 is 10.5 Å². The number of aromatic nitrogens is 1. The number of fused-ring (bicyclic) bond motifs is 1. The highest BCUT2D eigenvalue weighted by Gasteiger charge is 2.24. The maximum atomic E-state index is 13.5. The molecule has 1 aliphatic heterocycles. The van der Waals surface area contributed by atoms with Gasteiger partial charge in [-0.25, -0.2) is 13.4 Å². The zero-order valence-corrected chi connectivity index (χ0v) is 23.0. The Morgan fingerprint density at radius 3 is 2.59 bits per heavy atom. The number of carbonyl (C=O) groups excluding carboxylic acids is 2. The van der Waals surface area contributed by atoms with E-state index in [9.17, 15) is 18.0 Å². The predicted molar refractivity (Wildman–Crippen MR) is 148 cm³/mol. The van der Waals surface area contributed by atoms with Crippen LogP contribution in [0.4, 0.5) is 5.82 Å². The van der Waals surface area contributed by atoms with Crippen molar-refractivity contribution in [3.8, 4) is 16.9 Å². The maximum absolute atomic E-state index is 13.5. The highest BCUT2D eigenvalue weighted by Crippen LogP contribution is 2.30. The van der Waals surface area contributed by atoms with Crippen molar-refractivity contribution in [3.05, 3.63) is 71.4 Å². The number of ether oxygens (including phenoxy) is 2. The number of sulfone groups is 1. The molecule has 0 unspecified atom stereocenters. The number of amides is 1. The average molecular weight is 552 g/mol. The molecule has 206 valence electrons. The van der Waals surface area contributed by atoms with Gasteiger partial charge in [-0.05, 0) is 66.9 Å². The molecule has 1 amide bonds. The van der Waals surface area contributed by atoms with Crippen molar-refractivity contribution in [2.75, 3.05) is 38.4 Å². The Balaban J connectivity index is 1.47. The molecule has 0 saturated carbocycles. The van der Waals surface area contributed by atoms with Gasteiger partial charge >= 0.3 is 0 Å².